The maximum Gasteiger partial charge on any atom is 0.408 e. The van der Waals surface area contributed by atoms with Crippen molar-refractivity contribution in [2.75, 3.05) is 0 Å². The van der Waals surface area contributed by atoms with Crippen LogP contribution in [0.1, 0.15) is 90.3 Å². The molecule has 1 aliphatic rings. The number of carbonyl (C=O) groups excluding carboxylic acids is 4. The summed E-state index contributed by atoms with van der Waals surface area (Å²) in [7, 11) is 0. The van der Waals surface area contributed by atoms with Gasteiger partial charge in [-0.25, -0.2) is 4.79 Å². The predicted octanol–water partition coefficient (Wildman–Crippen LogP) is 3.20. The summed E-state index contributed by atoms with van der Waals surface area (Å²) in [6, 6.07) is 2.37. The molecule has 0 spiro atoms. The molecule has 0 aromatic heterocycles. The fourth-order valence-electron chi connectivity index (χ4n) is 4.19. The second kappa shape index (κ2) is 12.8. The summed E-state index contributed by atoms with van der Waals surface area (Å²) < 4.78 is 5.33. The Morgan fingerprint density at radius 3 is 2.35 bits per heavy atom. The molecule has 3 atom stereocenters. The van der Waals surface area contributed by atoms with E-state index in [2.05, 4.69) is 10.6 Å². The Balaban J connectivity index is 2.50. The molecule has 0 radical (unpaired) electrons. The van der Waals surface area contributed by atoms with E-state index in [4.69, 9.17) is 10.5 Å². The number of hydrogen-bond donors (Lipinski definition) is 4. The number of amides is 4. The van der Waals surface area contributed by atoms with Crippen LogP contribution in [0.3, 0.4) is 0 Å². The van der Waals surface area contributed by atoms with E-state index < -0.39 is 41.5 Å². The Bertz CT molecular complexity index is 986. The first-order valence-corrected chi connectivity index (χ1v) is 12.9. The maximum atomic E-state index is 14.0. The number of hydrogen-bond acceptors (Lipinski definition) is 6. The molecule has 0 aliphatic heterocycles. The van der Waals surface area contributed by atoms with Crippen LogP contribution in [0.25, 0.3) is 0 Å². The third-order valence-corrected chi connectivity index (χ3v) is 6.06. The van der Waals surface area contributed by atoms with Gasteiger partial charge in [-0.3, -0.25) is 14.4 Å². The van der Waals surface area contributed by atoms with Gasteiger partial charge in [0.1, 0.15) is 23.4 Å². The number of phenols is 1. The highest BCUT2D eigenvalue weighted by Gasteiger charge is 2.45. The molecule has 0 saturated heterocycles. The zero-order valence-corrected chi connectivity index (χ0v) is 22.8. The van der Waals surface area contributed by atoms with Crippen LogP contribution >= 0.6 is 0 Å². The van der Waals surface area contributed by atoms with Crippen LogP contribution in [0.4, 0.5) is 4.79 Å². The van der Waals surface area contributed by atoms with E-state index in [9.17, 15) is 24.3 Å². The van der Waals surface area contributed by atoms with Crippen LogP contribution < -0.4 is 16.4 Å². The van der Waals surface area contributed by atoms with Crippen LogP contribution in [0.2, 0.25) is 0 Å². The first-order chi connectivity index (χ1) is 17.2. The molecule has 3 unspecified atom stereocenters. The molecular weight excluding hydrogens is 476 g/mol. The number of primary amides is 1. The highest BCUT2D eigenvalue weighted by atomic mass is 16.6. The zero-order valence-electron chi connectivity index (χ0n) is 22.8. The molecular formula is C27H42N4O6. The number of carbonyl (C=O) groups is 4. The molecule has 1 aromatic carbocycles. The van der Waals surface area contributed by atoms with Crippen molar-refractivity contribution in [2.24, 2.45) is 5.73 Å². The molecule has 10 heteroatoms. The molecule has 0 heterocycles. The van der Waals surface area contributed by atoms with E-state index in [0.717, 1.165) is 12.8 Å². The first kappa shape index (κ1) is 29.9. The van der Waals surface area contributed by atoms with Gasteiger partial charge < -0.3 is 31.1 Å². The van der Waals surface area contributed by atoms with E-state index in [-0.39, 0.29) is 30.7 Å². The van der Waals surface area contributed by atoms with E-state index in [1.165, 1.54) is 4.90 Å². The number of aryl methyl sites for hydroxylation is 1. The number of phenolic OH excluding ortho intramolecular Hbond substituents is 1. The van der Waals surface area contributed by atoms with Crippen LogP contribution in [0.5, 0.6) is 5.75 Å². The molecule has 10 nitrogen and oxygen atoms in total. The second-order valence-corrected chi connectivity index (χ2v) is 10.8. The van der Waals surface area contributed by atoms with Gasteiger partial charge in [-0.05, 0) is 65.9 Å². The van der Waals surface area contributed by atoms with E-state index >= 15 is 0 Å². The zero-order chi connectivity index (χ0) is 27.9. The van der Waals surface area contributed by atoms with Gasteiger partial charge in [-0.15, -0.1) is 0 Å². The number of para-hydroxylation sites is 1. The predicted molar refractivity (Wildman–Crippen MR) is 140 cm³/mol. The summed E-state index contributed by atoms with van der Waals surface area (Å²) in [5.41, 5.74) is 5.40. The normalized spacial score (nSPS) is 15.7. The lowest BCUT2D eigenvalue weighted by Crippen LogP contribution is -2.54. The van der Waals surface area contributed by atoms with Crippen molar-refractivity contribution in [1.82, 2.24) is 15.5 Å². The highest BCUT2D eigenvalue weighted by Crippen LogP contribution is 2.39. The minimum absolute atomic E-state index is 0.0585. The Hall–Kier alpha value is -3.30. The lowest BCUT2D eigenvalue weighted by molar-refractivity contribution is -0.143. The molecule has 5 N–H and O–H groups in total. The standard InChI is InChI=1S/C27H42N4O6/c1-7-9-17(3)29-24(34)22(19-11-8-10-16(2)23(19)33)31(18-12-13-18)25(35)20(14-15-21(28)32)30-26(36)37-27(4,5)6/h8,10-11,17-18,20,22,33H,7,9,12-15H2,1-6H3,(H2,28,32)(H,29,34)(H,30,36). The van der Waals surface area contributed by atoms with Crippen molar-refractivity contribution < 1.29 is 29.0 Å². The Morgan fingerprint density at radius 1 is 1.16 bits per heavy atom. The van der Waals surface area contributed by atoms with Crippen LogP contribution in [-0.4, -0.2) is 57.5 Å². The van der Waals surface area contributed by atoms with Crippen LogP contribution in [-0.2, 0) is 19.1 Å². The molecule has 1 aliphatic carbocycles. The molecule has 1 aromatic rings. The maximum absolute atomic E-state index is 14.0. The Kier molecular flexibility index (Phi) is 10.3. The molecule has 2 rings (SSSR count). The van der Waals surface area contributed by atoms with Gasteiger partial charge in [0.05, 0.1) is 0 Å². The van der Waals surface area contributed by atoms with Crippen molar-refractivity contribution in [3.63, 3.8) is 0 Å². The van der Waals surface area contributed by atoms with Crippen molar-refractivity contribution in [3.8, 4) is 5.75 Å². The fourth-order valence-corrected chi connectivity index (χ4v) is 4.19. The number of aromatic hydroxyl groups is 1. The second-order valence-electron chi connectivity index (χ2n) is 10.8. The average molecular weight is 519 g/mol. The summed E-state index contributed by atoms with van der Waals surface area (Å²) in [6.07, 6.45) is 1.92. The lowest BCUT2D eigenvalue weighted by Gasteiger charge is -2.35. The monoisotopic (exact) mass is 518 g/mol. The summed E-state index contributed by atoms with van der Waals surface area (Å²) in [5.74, 6) is -1.66. The largest absolute Gasteiger partial charge is 0.507 e. The summed E-state index contributed by atoms with van der Waals surface area (Å²) in [5, 5.41) is 16.5. The van der Waals surface area contributed by atoms with Crippen molar-refractivity contribution in [3.05, 3.63) is 29.3 Å². The van der Waals surface area contributed by atoms with Crippen LogP contribution in [0.15, 0.2) is 18.2 Å². The molecule has 1 fully saturated rings. The lowest BCUT2D eigenvalue weighted by atomic mass is 9.98. The Morgan fingerprint density at radius 2 is 1.81 bits per heavy atom. The van der Waals surface area contributed by atoms with Gasteiger partial charge in [-0.1, -0.05) is 31.5 Å². The van der Waals surface area contributed by atoms with Crippen LogP contribution in [0, 0.1) is 6.92 Å². The van der Waals surface area contributed by atoms with E-state index in [1.54, 1.807) is 45.9 Å². The van der Waals surface area contributed by atoms with Gasteiger partial charge in [0.2, 0.25) is 17.7 Å². The summed E-state index contributed by atoms with van der Waals surface area (Å²) >= 11 is 0. The molecule has 37 heavy (non-hydrogen) atoms. The Labute approximate surface area is 219 Å². The van der Waals surface area contributed by atoms with E-state index in [0.29, 0.717) is 24.0 Å². The SMILES string of the molecule is CCCC(C)NC(=O)C(c1cccc(C)c1O)N(C(=O)C(CCC(N)=O)NC(=O)OC(C)(C)C)C1CC1. The number of alkyl carbamates (subject to hydrolysis) is 1. The number of nitrogens with two attached hydrogens (primary N) is 1. The molecule has 0 bridgehead atoms. The van der Waals surface area contributed by atoms with Gasteiger partial charge in [0.25, 0.3) is 0 Å². The molecule has 206 valence electrons. The minimum Gasteiger partial charge on any atom is -0.507 e. The topological polar surface area (TPSA) is 151 Å². The number of ether oxygens (including phenoxy) is 1. The van der Waals surface area contributed by atoms with Gasteiger partial charge in [-0.2, -0.15) is 0 Å². The van der Waals surface area contributed by atoms with Gasteiger partial charge in [0.15, 0.2) is 0 Å². The van der Waals surface area contributed by atoms with Crippen molar-refractivity contribution >= 4 is 23.8 Å². The average Bonchev–Trinajstić information content (AvgIpc) is 3.60. The fraction of sp³-hybridized carbons (Fsp3) is 0.630. The third kappa shape index (κ3) is 8.94. The smallest absolute Gasteiger partial charge is 0.408 e. The quantitative estimate of drug-likeness (QED) is 0.334. The third-order valence-electron chi connectivity index (χ3n) is 6.06. The first-order valence-electron chi connectivity index (χ1n) is 12.9. The summed E-state index contributed by atoms with van der Waals surface area (Å²) in [4.78, 5) is 53.2. The number of rotatable bonds is 12. The summed E-state index contributed by atoms with van der Waals surface area (Å²) in [6.45, 7) is 10.7. The van der Waals surface area contributed by atoms with Gasteiger partial charge >= 0.3 is 6.09 Å². The van der Waals surface area contributed by atoms with Crippen molar-refractivity contribution in [1.29, 1.82) is 0 Å². The molecule has 1 saturated carbocycles. The number of nitrogens with zero attached hydrogens (tertiary/aromatic N) is 1. The number of benzene rings is 1. The highest BCUT2D eigenvalue weighted by molar-refractivity contribution is 5.93. The molecule has 4 amide bonds. The van der Waals surface area contributed by atoms with Gasteiger partial charge in [0, 0.05) is 24.1 Å². The minimum atomic E-state index is -1.15. The van der Waals surface area contributed by atoms with Crippen molar-refractivity contribution in [2.45, 2.75) is 110 Å². The van der Waals surface area contributed by atoms with E-state index in [1.807, 2.05) is 13.8 Å². The number of nitrogens with one attached hydrogen (secondary N) is 2.